The number of fused-ring (bicyclic) bond motifs is 1. The Morgan fingerprint density at radius 3 is 2.80 bits per heavy atom. The number of carboxylic acid groups (broad SMARTS) is 1. The predicted octanol–water partition coefficient (Wildman–Crippen LogP) is 1.52. The van der Waals surface area contributed by atoms with Crippen molar-refractivity contribution in [2.45, 2.75) is 32.3 Å². The number of rotatable bonds is 1. The summed E-state index contributed by atoms with van der Waals surface area (Å²) >= 11 is 0. The van der Waals surface area contributed by atoms with E-state index >= 15 is 0 Å². The lowest BCUT2D eigenvalue weighted by Crippen LogP contribution is -2.51. The van der Waals surface area contributed by atoms with Crippen LogP contribution in [0.4, 0.5) is 0 Å². The molecule has 1 atom stereocenters. The van der Waals surface area contributed by atoms with Gasteiger partial charge >= 0.3 is 5.97 Å². The fraction of sp³-hybridized carbons (Fsp3) is 0.545. The summed E-state index contributed by atoms with van der Waals surface area (Å²) in [4.78, 5) is 11.2. The molecule has 0 aromatic carbocycles. The Balaban J connectivity index is 2.64. The van der Waals surface area contributed by atoms with Crippen molar-refractivity contribution in [1.82, 2.24) is 0 Å². The van der Waals surface area contributed by atoms with Gasteiger partial charge in [-0.25, -0.2) is 4.79 Å². The predicted molar refractivity (Wildman–Crippen MR) is 52.3 cm³/mol. The van der Waals surface area contributed by atoms with Crippen LogP contribution in [0.25, 0.3) is 0 Å². The van der Waals surface area contributed by atoms with E-state index in [0.29, 0.717) is 6.42 Å². The first-order valence-corrected chi connectivity index (χ1v) is 4.92. The first-order valence-electron chi connectivity index (χ1n) is 4.92. The van der Waals surface area contributed by atoms with Crippen molar-refractivity contribution in [3.8, 4) is 0 Å². The molecule has 4 heteroatoms. The van der Waals surface area contributed by atoms with E-state index in [9.17, 15) is 15.0 Å². The minimum atomic E-state index is -1.91. The molecule has 0 bridgehead atoms. The van der Waals surface area contributed by atoms with Crippen LogP contribution in [0.15, 0.2) is 16.7 Å². The third kappa shape index (κ3) is 1.14. The Bertz CT molecular complexity index is 404. The van der Waals surface area contributed by atoms with Gasteiger partial charge in [0.25, 0.3) is 0 Å². The molecule has 1 aliphatic carbocycles. The molecule has 0 amide bonds. The number of hydrogen-bond acceptors (Lipinski definition) is 3. The molecule has 82 valence electrons. The SMILES string of the molecule is CC1(C)CCc2ccoc2C1(O)C(=O)O. The zero-order valence-corrected chi connectivity index (χ0v) is 8.78. The molecule has 2 N–H and O–H groups in total. The monoisotopic (exact) mass is 210 g/mol. The molecule has 0 fully saturated rings. The molecule has 1 aromatic heterocycles. The van der Waals surface area contributed by atoms with E-state index in [1.165, 1.54) is 6.26 Å². The minimum Gasteiger partial charge on any atom is -0.479 e. The number of hydrogen-bond donors (Lipinski definition) is 2. The molecule has 1 unspecified atom stereocenters. The van der Waals surface area contributed by atoms with Crippen LogP contribution < -0.4 is 0 Å². The van der Waals surface area contributed by atoms with E-state index in [1.54, 1.807) is 19.9 Å². The Labute approximate surface area is 87.5 Å². The van der Waals surface area contributed by atoms with Gasteiger partial charge in [0.15, 0.2) is 5.76 Å². The number of aliphatic hydroxyl groups is 1. The fourth-order valence-electron chi connectivity index (χ4n) is 2.17. The van der Waals surface area contributed by atoms with Crippen LogP contribution in [0.3, 0.4) is 0 Å². The van der Waals surface area contributed by atoms with Crippen LogP contribution in [0, 0.1) is 5.41 Å². The number of carboxylic acids is 1. The van der Waals surface area contributed by atoms with Crippen LogP contribution in [0.5, 0.6) is 0 Å². The quantitative estimate of drug-likeness (QED) is 0.737. The van der Waals surface area contributed by atoms with Crippen LogP contribution in [-0.4, -0.2) is 16.2 Å². The number of aliphatic carboxylic acids is 1. The third-order valence-electron chi connectivity index (χ3n) is 3.38. The van der Waals surface area contributed by atoms with Crippen molar-refractivity contribution in [3.63, 3.8) is 0 Å². The normalized spacial score (nSPS) is 28.5. The second-order valence-corrected chi connectivity index (χ2v) is 4.67. The molecule has 1 aromatic rings. The highest BCUT2D eigenvalue weighted by atomic mass is 16.4. The van der Waals surface area contributed by atoms with Crippen molar-refractivity contribution in [3.05, 3.63) is 23.7 Å². The topological polar surface area (TPSA) is 70.7 Å². The molecule has 0 saturated heterocycles. The summed E-state index contributed by atoms with van der Waals surface area (Å²) in [5.41, 5.74) is -1.84. The van der Waals surface area contributed by atoms with Gasteiger partial charge in [0.1, 0.15) is 0 Å². The lowest BCUT2D eigenvalue weighted by Gasteiger charge is -2.41. The molecule has 0 aliphatic heterocycles. The van der Waals surface area contributed by atoms with Gasteiger partial charge in [0.05, 0.1) is 6.26 Å². The molecule has 0 saturated carbocycles. The second-order valence-electron chi connectivity index (χ2n) is 4.67. The Morgan fingerprint density at radius 1 is 1.53 bits per heavy atom. The maximum absolute atomic E-state index is 11.2. The minimum absolute atomic E-state index is 0.186. The van der Waals surface area contributed by atoms with Gasteiger partial charge in [-0.1, -0.05) is 13.8 Å². The standard InChI is InChI=1S/C11H14O4/c1-10(2)5-3-7-4-6-15-8(7)11(10,14)9(12)13/h4,6,14H,3,5H2,1-2H3,(H,12,13). The summed E-state index contributed by atoms with van der Waals surface area (Å²) in [5.74, 6) is -1.06. The average molecular weight is 210 g/mol. The van der Waals surface area contributed by atoms with E-state index in [0.717, 1.165) is 12.0 Å². The molecular weight excluding hydrogens is 196 g/mol. The Hall–Kier alpha value is -1.29. The van der Waals surface area contributed by atoms with E-state index in [-0.39, 0.29) is 5.76 Å². The molecule has 0 spiro atoms. The third-order valence-corrected chi connectivity index (χ3v) is 3.38. The van der Waals surface area contributed by atoms with Crippen molar-refractivity contribution < 1.29 is 19.4 Å². The lowest BCUT2D eigenvalue weighted by atomic mass is 9.65. The number of aryl methyl sites for hydroxylation is 1. The van der Waals surface area contributed by atoms with Gasteiger partial charge in [-0.05, 0) is 24.5 Å². The zero-order chi connectivity index (χ0) is 11.3. The highest BCUT2D eigenvalue weighted by Gasteiger charge is 2.56. The van der Waals surface area contributed by atoms with Gasteiger partial charge in [0, 0.05) is 5.41 Å². The zero-order valence-electron chi connectivity index (χ0n) is 8.78. The second kappa shape index (κ2) is 2.85. The maximum Gasteiger partial charge on any atom is 0.344 e. The largest absolute Gasteiger partial charge is 0.479 e. The summed E-state index contributed by atoms with van der Waals surface area (Å²) in [6.45, 7) is 3.49. The molecule has 1 aliphatic rings. The van der Waals surface area contributed by atoms with E-state index in [1.807, 2.05) is 0 Å². The summed E-state index contributed by atoms with van der Waals surface area (Å²) in [6, 6.07) is 1.72. The fourth-order valence-corrected chi connectivity index (χ4v) is 2.17. The first kappa shape index (κ1) is 10.2. The molecule has 15 heavy (non-hydrogen) atoms. The Morgan fingerprint density at radius 2 is 2.20 bits per heavy atom. The van der Waals surface area contributed by atoms with E-state index in [2.05, 4.69) is 0 Å². The average Bonchev–Trinajstić information content (AvgIpc) is 2.60. The van der Waals surface area contributed by atoms with Crippen LogP contribution in [0.1, 0.15) is 31.6 Å². The lowest BCUT2D eigenvalue weighted by molar-refractivity contribution is -0.181. The van der Waals surface area contributed by atoms with Gasteiger partial charge in [0.2, 0.25) is 5.60 Å². The number of furan rings is 1. The highest BCUT2D eigenvalue weighted by Crippen LogP contribution is 2.48. The highest BCUT2D eigenvalue weighted by molar-refractivity contribution is 5.80. The van der Waals surface area contributed by atoms with Crippen molar-refractivity contribution in [2.24, 2.45) is 5.41 Å². The van der Waals surface area contributed by atoms with Crippen molar-refractivity contribution in [2.75, 3.05) is 0 Å². The van der Waals surface area contributed by atoms with Crippen molar-refractivity contribution in [1.29, 1.82) is 0 Å². The molecule has 1 heterocycles. The first-order chi connectivity index (χ1) is 6.89. The molecule has 2 rings (SSSR count). The molecule has 4 nitrogen and oxygen atoms in total. The van der Waals surface area contributed by atoms with Gasteiger partial charge < -0.3 is 14.6 Å². The smallest absolute Gasteiger partial charge is 0.344 e. The molecular formula is C11H14O4. The van der Waals surface area contributed by atoms with Crippen LogP contribution in [-0.2, 0) is 16.8 Å². The van der Waals surface area contributed by atoms with Crippen LogP contribution >= 0.6 is 0 Å². The van der Waals surface area contributed by atoms with Gasteiger partial charge in [-0.15, -0.1) is 0 Å². The summed E-state index contributed by atoms with van der Waals surface area (Å²) < 4.78 is 5.14. The van der Waals surface area contributed by atoms with Gasteiger partial charge in [-0.3, -0.25) is 0 Å². The summed E-state index contributed by atoms with van der Waals surface area (Å²) in [5, 5.41) is 19.5. The Kier molecular flexibility index (Phi) is 1.95. The van der Waals surface area contributed by atoms with Crippen molar-refractivity contribution >= 4 is 5.97 Å². The number of carbonyl (C=O) groups is 1. The van der Waals surface area contributed by atoms with Gasteiger partial charge in [-0.2, -0.15) is 0 Å². The van der Waals surface area contributed by atoms with Crippen LogP contribution in [0.2, 0.25) is 0 Å². The van der Waals surface area contributed by atoms with E-state index < -0.39 is 17.0 Å². The van der Waals surface area contributed by atoms with E-state index in [4.69, 9.17) is 4.42 Å². The summed E-state index contributed by atoms with van der Waals surface area (Å²) in [7, 11) is 0. The molecule has 0 radical (unpaired) electrons. The maximum atomic E-state index is 11.2. The summed E-state index contributed by atoms with van der Waals surface area (Å²) in [6.07, 6.45) is 2.80.